The van der Waals surface area contributed by atoms with Crippen LogP contribution in [0.1, 0.15) is 5.56 Å². The number of hydrogen-bond donors (Lipinski definition) is 4. The van der Waals surface area contributed by atoms with Gasteiger partial charge in [-0.3, -0.25) is 4.79 Å². The Balaban J connectivity index is 2.57. The first-order valence-corrected chi connectivity index (χ1v) is 7.75. The maximum Gasteiger partial charge on any atom is 0.319 e. The van der Waals surface area contributed by atoms with Crippen LogP contribution in [0.4, 0.5) is 10.5 Å². The van der Waals surface area contributed by atoms with Gasteiger partial charge in [-0.15, -0.1) is 0 Å². The first kappa shape index (κ1) is 16.9. The molecule has 0 saturated heterocycles. The van der Waals surface area contributed by atoms with Gasteiger partial charge in [0.15, 0.2) is 0 Å². The van der Waals surface area contributed by atoms with Crippen LogP contribution in [0.25, 0.3) is 0 Å². The number of carbonyl (C=O) groups excluding carboxylic acids is 1. The van der Waals surface area contributed by atoms with Crippen LogP contribution in [0.3, 0.4) is 0 Å². The molecule has 0 fully saturated rings. The number of carbonyl (C=O) groups is 2. The van der Waals surface area contributed by atoms with Crippen molar-refractivity contribution in [1.82, 2.24) is 10.0 Å². The highest BCUT2D eigenvalue weighted by atomic mass is 32.2. The number of aliphatic carboxylic acids is 1. The minimum atomic E-state index is -3.38. The van der Waals surface area contributed by atoms with Crippen molar-refractivity contribution >= 4 is 27.7 Å². The zero-order valence-corrected chi connectivity index (χ0v) is 12.2. The molecule has 0 unspecified atom stereocenters. The Labute approximate surface area is 122 Å². The van der Waals surface area contributed by atoms with E-state index in [1.165, 1.54) is 7.05 Å². The van der Waals surface area contributed by atoms with Crippen molar-refractivity contribution in [1.29, 1.82) is 0 Å². The summed E-state index contributed by atoms with van der Waals surface area (Å²) in [4.78, 5) is 22.4. The molecular formula is C12H17N3O5S. The SMILES string of the molecule is CNS(=O)(=O)CCNC(=O)Nc1ccccc1CC(=O)O. The molecule has 0 atom stereocenters. The van der Waals surface area contributed by atoms with Crippen molar-refractivity contribution in [2.75, 3.05) is 24.7 Å². The maximum absolute atomic E-state index is 11.6. The zero-order chi connectivity index (χ0) is 15.9. The van der Waals surface area contributed by atoms with Crippen molar-refractivity contribution in [2.45, 2.75) is 6.42 Å². The van der Waals surface area contributed by atoms with Crippen LogP contribution in [-0.4, -0.2) is 44.9 Å². The normalized spacial score (nSPS) is 10.9. The van der Waals surface area contributed by atoms with Crippen LogP contribution in [0.5, 0.6) is 0 Å². The number of benzene rings is 1. The second kappa shape index (κ2) is 7.60. The molecule has 1 aromatic rings. The monoisotopic (exact) mass is 315 g/mol. The fourth-order valence-electron chi connectivity index (χ4n) is 1.53. The Hall–Kier alpha value is -2.13. The smallest absolute Gasteiger partial charge is 0.319 e. The van der Waals surface area contributed by atoms with Gasteiger partial charge in [0.2, 0.25) is 10.0 Å². The molecule has 0 bridgehead atoms. The number of urea groups is 1. The van der Waals surface area contributed by atoms with E-state index in [-0.39, 0.29) is 18.7 Å². The van der Waals surface area contributed by atoms with E-state index in [0.717, 1.165) is 0 Å². The minimum absolute atomic E-state index is 0.0594. The van der Waals surface area contributed by atoms with E-state index in [1.807, 2.05) is 0 Å². The molecule has 0 heterocycles. The Kier molecular flexibility index (Phi) is 6.12. The summed E-state index contributed by atoms with van der Waals surface area (Å²) in [7, 11) is -2.09. The van der Waals surface area contributed by atoms with E-state index in [4.69, 9.17) is 5.11 Å². The largest absolute Gasteiger partial charge is 0.481 e. The summed E-state index contributed by atoms with van der Waals surface area (Å²) in [6.07, 6.45) is -0.218. The molecule has 0 spiro atoms. The summed E-state index contributed by atoms with van der Waals surface area (Å²) < 4.78 is 24.5. The van der Waals surface area contributed by atoms with Crippen molar-refractivity contribution < 1.29 is 23.1 Å². The minimum Gasteiger partial charge on any atom is -0.481 e. The van der Waals surface area contributed by atoms with E-state index in [0.29, 0.717) is 11.3 Å². The first-order chi connectivity index (χ1) is 9.84. The predicted molar refractivity (Wildman–Crippen MR) is 77.6 cm³/mol. The standard InChI is InChI=1S/C12H17N3O5S/c1-13-21(19,20)7-6-14-12(18)15-10-5-3-2-4-9(10)8-11(16)17/h2-5,13H,6-8H2,1H3,(H,16,17)(H2,14,15,18). The molecule has 0 radical (unpaired) electrons. The van der Waals surface area contributed by atoms with Crippen LogP contribution in [0.2, 0.25) is 0 Å². The highest BCUT2D eigenvalue weighted by molar-refractivity contribution is 7.89. The van der Waals surface area contributed by atoms with Gasteiger partial charge in [-0.25, -0.2) is 17.9 Å². The molecule has 21 heavy (non-hydrogen) atoms. The van der Waals surface area contributed by atoms with Crippen molar-refractivity contribution in [2.24, 2.45) is 0 Å². The molecule has 0 aliphatic heterocycles. The van der Waals surface area contributed by atoms with Crippen molar-refractivity contribution in [3.63, 3.8) is 0 Å². The van der Waals surface area contributed by atoms with Crippen LogP contribution in [0, 0.1) is 0 Å². The number of sulfonamides is 1. The Morgan fingerprint density at radius 3 is 2.52 bits per heavy atom. The molecule has 0 aromatic heterocycles. The van der Waals surface area contributed by atoms with Gasteiger partial charge in [-0.1, -0.05) is 18.2 Å². The summed E-state index contributed by atoms with van der Waals surface area (Å²) in [6, 6.07) is 5.89. The molecule has 2 amide bonds. The number of carboxylic acid groups (broad SMARTS) is 1. The van der Waals surface area contributed by atoms with Crippen LogP contribution < -0.4 is 15.4 Å². The summed E-state index contributed by atoms with van der Waals surface area (Å²) in [6.45, 7) is -0.0594. The van der Waals surface area contributed by atoms with Gasteiger partial charge < -0.3 is 15.7 Å². The van der Waals surface area contributed by atoms with Crippen molar-refractivity contribution in [3.8, 4) is 0 Å². The molecule has 8 nitrogen and oxygen atoms in total. The topological polar surface area (TPSA) is 125 Å². The lowest BCUT2D eigenvalue weighted by Crippen LogP contribution is -2.35. The van der Waals surface area contributed by atoms with Gasteiger partial charge in [0.25, 0.3) is 0 Å². The summed E-state index contributed by atoms with van der Waals surface area (Å²) in [5.41, 5.74) is 0.830. The van der Waals surface area contributed by atoms with Gasteiger partial charge >= 0.3 is 12.0 Å². The fourth-order valence-corrected chi connectivity index (χ4v) is 2.10. The lowest BCUT2D eigenvalue weighted by molar-refractivity contribution is -0.136. The third-order valence-electron chi connectivity index (χ3n) is 2.57. The highest BCUT2D eigenvalue weighted by Crippen LogP contribution is 2.15. The van der Waals surface area contributed by atoms with E-state index < -0.39 is 22.0 Å². The van der Waals surface area contributed by atoms with Gasteiger partial charge in [-0.05, 0) is 18.7 Å². The number of anilines is 1. The quantitative estimate of drug-likeness (QED) is 0.563. The van der Waals surface area contributed by atoms with Crippen LogP contribution >= 0.6 is 0 Å². The van der Waals surface area contributed by atoms with Crippen LogP contribution in [-0.2, 0) is 21.2 Å². The molecule has 1 aromatic carbocycles. The Morgan fingerprint density at radius 1 is 1.24 bits per heavy atom. The number of para-hydroxylation sites is 1. The van der Waals surface area contributed by atoms with Gasteiger partial charge in [0.05, 0.1) is 12.2 Å². The molecule has 116 valence electrons. The predicted octanol–water partition coefficient (Wildman–Crippen LogP) is -0.0156. The molecule has 0 aliphatic rings. The maximum atomic E-state index is 11.6. The number of rotatable bonds is 7. The lowest BCUT2D eigenvalue weighted by Gasteiger charge is -2.11. The lowest BCUT2D eigenvalue weighted by atomic mass is 10.1. The van der Waals surface area contributed by atoms with Gasteiger partial charge in [0, 0.05) is 12.2 Å². The van der Waals surface area contributed by atoms with E-state index in [1.54, 1.807) is 24.3 Å². The van der Waals surface area contributed by atoms with Crippen LogP contribution in [0.15, 0.2) is 24.3 Å². The summed E-state index contributed by atoms with van der Waals surface area (Å²) in [5.74, 6) is -1.25. The molecule has 9 heteroatoms. The van der Waals surface area contributed by atoms with E-state index in [9.17, 15) is 18.0 Å². The van der Waals surface area contributed by atoms with Gasteiger partial charge in [-0.2, -0.15) is 0 Å². The van der Waals surface area contributed by atoms with Gasteiger partial charge in [0.1, 0.15) is 0 Å². The number of amides is 2. The number of hydrogen-bond acceptors (Lipinski definition) is 4. The number of nitrogens with one attached hydrogen (secondary N) is 3. The highest BCUT2D eigenvalue weighted by Gasteiger charge is 2.10. The Bertz CT molecular complexity index is 615. The summed E-state index contributed by atoms with van der Waals surface area (Å²) in [5, 5.41) is 13.7. The molecular weight excluding hydrogens is 298 g/mol. The van der Waals surface area contributed by atoms with E-state index in [2.05, 4.69) is 15.4 Å². The van der Waals surface area contributed by atoms with E-state index >= 15 is 0 Å². The third kappa shape index (κ3) is 6.23. The molecule has 1 rings (SSSR count). The second-order valence-electron chi connectivity index (χ2n) is 4.13. The summed E-state index contributed by atoms with van der Waals surface area (Å²) >= 11 is 0. The molecule has 0 aliphatic carbocycles. The number of carboxylic acids is 1. The molecule has 0 saturated carbocycles. The second-order valence-corrected chi connectivity index (χ2v) is 6.18. The van der Waals surface area contributed by atoms with Crippen molar-refractivity contribution in [3.05, 3.63) is 29.8 Å². The fraction of sp³-hybridized carbons (Fsp3) is 0.333. The third-order valence-corrected chi connectivity index (χ3v) is 3.94. The Morgan fingerprint density at radius 2 is 1.90 bits per heavy atom. The molecule has 4 N–H and O–H groups in total. The average molecular weight is 315 g/mol. The first-order valence-electron chi connectivity index (χ1n) is 6.10. The average Bonchev–Trinajstić information content (AvgIpc) is 2.40. The zero-order valence-electron chi connectivity index (χ0n) is 11.4.